The van der Waals surface area contributed by atoms with Gasteiger partial charge in [-0.05, 0) is 12.1 Å². The van der Waals surface area contributed by atoms with Gasteiger partial charge in [-0.25, -0.2) is 4.39 Å². The second kappa shape index (κ2) is 8.10. The van der Waals surface area contributed by atoms with Gasteiger partial charge in [-0.1, -0.05) is 12.1 Å². The van der Waals surface area contributed by atoms with Crippen LogP contribution in [0.15, 0.2) is 24.3 Å². The molecule has 2 amide bonds. The maximum absolute atomic E-state index is 13.5. The molecule has 7 heteroatoms. The van der Waals surface area contributed by atoms with Gasteiger partial charge >= 0.3 is 0 Å². The Kier molecular flexibility index (Phi) is 6.14. The van der Waals surface area contributed by atoms with Crippen LogP contribution >= 0.6 is 0 Å². The Balaban J connectivity index is 1.91. The van der Waals surface area contributed by atoms with E-state index in [1.807, 2.05) is 0 Å². The summed E-state index contributed by atoms with van der Waals surface area (Å²) in [5, 5.41) is 0. The number of likely N-dealkylation sites (N-methyl/N-ethyl adjacent to an activating group) is 1. The van der Waals surface area contributed by atoms with E-state index in [4.69, 9.17) is 4.74 Å². The molecule has 0 saturated carbocycles. The Labute approximate surface area is 141 Å². The number of rotatable bonds is 5. The molecule has 2 rings (SSSR count). The fourth-order valence-corrected chi connectivity index (χ4v) is 2.78. The number of para-hydroxylation sites is 1. The molecule has 6 nitrogen and oxygen atoms in total. The van der Waals surface area contributed by atoms with Crippen molar-refractivity contribution in [2.24, 2.45) is 0 Å². The molecule has 1 heterocycles. The smallest absolute Gasteiger partial charge is 0.246 e. The van der Waals surface area contributed by atoms with E-state index in [2.05, 4.69) is 4.90 Å². The van der Waals surface area contributed by atoms with Gasteiger partial charge in [0.05, 0.1) is 0 Å². The van der Waals surface area contributed by atoms with Crippen LogP contribution in [0.5, 0.6) is 5.75 Å². The van der Waals surface area contributed by atoms with Gasteiger partial charge in [0.25, 0.3) is 0 Å². The van der Waals surface area contributed by atoms with Crippen LogP contribution in [-0.4, -0.2) is 79.4 Å². The number of halogens is 1. The molecule has 0 spiro atoms. The van der Waals surface area contributed by atoms with Crippen LogP contribution in [-0.2, 0) is 9.59 Å². The van der Waals surface area contributed by atoms with E-state index in [9.17, 15) is 14.0 Å². The normalized spacial score (nSPS) is 18.3. The molecule has 1 aromatic carbocycles. The summed E-state index contributed by atoms with van der Waals surface area (Å²) in [6.07, 6.45) is 0. The topological polar surface area (TPSA) is 53.1 Å². The quantitative estimate of drug-likeness (QED) is 0.798. The van der Waals surface area contributed by atoms with Crippen LogP contribution in [0.4, 0.5) is 4.39 Å². The molecule has 1 saturated heterocycles. The van der Waals surface area contributed by atoms with Crippen LogP contribution in [0.3, 0.4) is 0 Å². The first-order valence-corrected chi connectivity index (χ1v) is 7.98. The van der Waals surface area contributed by atoms with Gasteiger partial charge in [-0.2, -0.15) is 0 Å². The van der Waals surface area contributed by atoms with Gasteiger partial charge in [0.1, 0.15) is 12.6 Å². The average molecular weight is 337 g/mol. The molecular weight excluding hydrogens is 313 g/mol. The van der Waals surface area contributed by atoms with Crippen LogP contribution in [0, 0.1) is 5.82 Å². The Morgan fingerprint density at radius 3 is 2.62 bits per heavy atom. The second-order valence-corrected chi connectivity index (χ2v) is 6.04. The highest BCUT2D eigenvalue weighted by molar-refractivity contribution is 5.87. The lowest BCUT2D eigenvalue weighted by molar-refractivity contribution is -0.146. The molecule has 0 aromatic heterocycles. The molecule has 0 N–H and O–H groups in total. The number of ether oxygens (including phenoxy) is 1. The monoisotopic (exact) mass is 337 g/mol. The van der Waals surface area contributed by atoms with Gasteiger partial charge < -0.3 is 14.5 Å². The molecule has 0 bridgehead atoms. The Morgan fingerprint density at radius 2 is 2.00 bits per heavy atom. The molecule has 1 unspecified atom stereocenters. The minimum Gasteiger partial charge on any atom is -0.489 e. The standard InChI is InChI=1S/C17H24FN3O3/c1-13(22)21-9-8-20(12-15(21)17(23)19(2)3)10-11-24-16-7-5-4-6-14(16)18/h4-7,15H,8-12H2,1-3H3. The SMILES string of the molecule is CC(=O)N1CCN(CCOc2ccccc2F)CC1C(=O)N(C)C. The zero-order valence-electron chi connectivity index (χ0n) is 14.4. The predicted octanol–water partition coefficient (Wildman–Crippen LogP) is 0.825. The highest BCUT2D eigenvalue weighted by Crippen LogP contribution is 2.16. The summed E-state index contributed by atoms with van der Waals surface area (Å²) < 4.78 is 19.0. The maximum Gasteiger partial charge on any atom is 0.246 e. The Hall–Kier alpha value is -2.15. The highest BCUT2D eigenvalue weighted by Gasteiger charge is 2.34. The fraction of sp³-hybridized carbons (Fsp3) is 0.529. The van der Waals surface area contributed by atoms with Crippen molar-refractivity contribution in [2.75, 3.05) is 46.9 Å². The summed E-state index contributed by atoms with van der Waals surface area (Å²) >= 11 is 0. The summed E-state index contributed by atoms with van der Waals surface area (Å²) in [6.45, 7) is 3.99. The molecule has 1 fully saturated rings. The molecule has 1 aliphatic heterocycles. The molecule has 132 valence electrons. The summed E-state index contributed by atoms with van der Waals surface area (Å²) in [7, 11) is 3.36. The van der Waals surface area contributed by atoms with Crippen molar-refractivity contribution in [1.82, 2.24) is 14.7 Å². The van der Waals surface area contributed by atoms with Crippen LogP contribution in [0.1, 0.15) is 6.92 Å². The summed E-state index contributed by atoms with van der Waals surface area (Å²) in [4.78, 5) is 29.2. The Morgan fingerprint density at radius 1 is 1.29 bits per heavy atom. The molecule has 24 heavy (non-hydrogen) atoms. The van der Waals surface area contributed by atoms with Crippen LogP contribution < -0.4 is 4.74 Å². The minimum absolute atomic E-state index is 0.0927. The van der Waals surface area contributed by atoms with Crippen molar-refractivity contribution in [2.45, 2.75) is 13.0 Å². The Bertz CT molecular complexity index is 594. The number of hydrogen-bond donors (Lipinski definition) is 0. The van der Waals surface area contributed by atoms with Crippen molar-refractivity contribution in [3.8, 4) is 5.75 Å². The largest absolute Gasteiger partial charge is 0.489 e. The third kappa shape index (κ3) is 4.44. The lowest BCUT2D eigenvalue weighted by Gasteiger charge is -2.40. The first-order valence-electron chi connectivity index (χ1n) is 7.98. The van der Waals surface area contributed by atoms with E-state index in [-0.39, 0.29) is 23.4 Å². The van der Waals surface area contributed by atoms with E-state index >= 15 is 0 Å². The lowest BCUT2D eigenvalue weighted by Crippen LogP contribution is -2.60. The molecule has 0 aliphatic carbocycles. The van der Waals surface area contributed by atoms with E-state index in [1.54, 1.807) is 37.2 Å². The van der Waals surface area contributed by atoms with E-state index in [1.165, 1.54) is 17.9 Å². The lowest BCUT2D eigenvalue weighted by atomic mass is 10.1. The average Bonchev–Trinajstić information content (AvgIpc) is 2.55. The number of carbonyl (C=O) groups is 2. The molecule has 1 aliphatic rings. The van der Waals surface area contributed by atoms with E-state index < -0.39 is 6.04 Å². The summed E-state index contributed by atoms with van der Waals surface area (Å²) in [5.74, 6) is -0.359. The number of carbonyl (C=O) groups excluding carboxylic acids is 2. The third-order valence-electron chi connectivity index (χ3n) is 4.10. The first kappa shape index (κ1) is 18.2. The maximum atomic E-state index is 13.5. The van der Waals surface area contributed by atoms with Gasteiger partial charge in [0.15, 0.2) is 11.6 Å². The number of nitrogens with zero attached hydrogens (tertiary/aromatic N) is 3. The predicted molar refractivity (Wildman–Crippen MR) is 88.2 cm³/mol. The molecule has 0 radical (unpaired) electrons. The van der Waals surface area contributed by atoms with E-state index in [0.29, 0.717) is 32.8 Å². The zero-order chi connectivity index (χ0) is 17.7. The number of piperazine rings is 1. The van der Waals surface area contributed by atoms with Crippen molar-refractivity contribution < 1.29 is 18.7 Å². The zero-order valence-corrected chi connectivity index (χ0v) is 14.4. The fourth-order valence-electron chi connectivity index (χ4n) is 2.78. The molecule has 1 aromatic rings. The summed E-state index contributed by atoms with van der Waals surface area (Å²) in [6, 6.07) is 5.78. The van der Waals surface area contributed by atoms with Crippen molar-refractivity contribution >= 4 is 11.8 Å². The van der Waals surface area contributed by atoms with Gasteiger partial charge in [0.2, 0.25) is 11.8 Å². The van der Waals surface area contributed by atoms with Crippen molar-refractivity contribution in [3.05, 3.63) is 30.1 Å². The van der Waals surface area contributed by atoms with Crippen LogP contribution in [0.25, 0.3) is 0 Å². The van der Waals surface area contributed by atoms with Crippen LogP contribution in [0.2, 0.25) is 0 Å². The molecular formula is C17H24FN3O3. The number of benzene rings is 1. The minimum atomic E-state index is -0.486. The highest BCUT2D eigenvalue weighted by atomic mass is 19.1. The van der Waals surface area contributed by atoms with Gasteiger partial charge in [-0.15, -0.1) is 0 Å². The van der Waals surface area contributed by atoms with E-state index in [0.717, 1.165) is 0 Å². The number of hydrogen-bond acceptors (Lipinski definition) is 4. The third-order valence-corrected chi connectivity index (χ3v) is 4.10. The first-order chi connectivity index (χ1) is 11.4. The van der Waals surface area contributed by atoms with Crippen molar-refractivity contribution in [1.29, 1.82) is 0 Å². The summed E-state index contributed by atoms with van der Waals surface area (Å²) in [5.41, 5.74) is 0. The van der Waals surface area contributed by atoms with Gasteiger partial charge in [-0.3, -0.25) is 14.5 Å². The second-order valence-electron chi connectivity index (χ2n) is 6.04. The number of amides is 2. The van der Waals surface area contributed by atoms with Crippen molar-refractivity contribution in [3.63, 3.8) is 0 Å². The van der Waals surface area contributed by atoms with Gasteiger partial charge in [0, 0.05) is 47.2 Å². The molecule has 1 atom stereocenters.